The standard InChI is InChI=1S/C23H23N2O4/c1-3-29-23(28)15(2)25-21(26)14-24-22(27)20-13-18-11-7-6-10-17(18)12-19(20)16-8-4-5-9-16/h4-13,15H,3,14H2,1-2H3,(H,24,27)(H,25,26)/t15-/m0/s1. The fourth-order valence-corrected chi connectivity index (χ4v) is 3.10. The minimum absolute atomic E-state index is 0.238. The second-order valence-electron chi connectivity index (χ2n) is 6.64. The number of amides is 2. The molecule has 0 aliphatic heterocycles. The van der Waals surface area contributed by atoms with E-state index in [0.717, 1.165) is 22.3 Å². The van der Waals surface area contributed by atoms with Crippen LogP contribution in [0.15, 0.2) is 36.4 Å². The van der Waals surface area contributed by atoms with Crippen molar-refractivity contribution in [3.8, 4) is 0 Å². The highest BCUT2D eigenvalue weighted by Crippen LogP contribution is 2.34. The summed E-state index contributed by atoms with van der Waals surface area (Å²) in [5, 5.41) is 7.12. The van der Waals surface area contributed by atoms with Crippen LogP contribution >= 0.6 is 0 Å². The van der Waals surface area contributed by atoms with Crippen LogP contribution < -0.4 is 10.6 Å². The molecule has 2 N–H and O–H groups in total. The Hall–Kier alpha value is -2.89. The van der Waals surface area contributed by atoms with E-state index < -0.39 is 17.9 Å². The van der Waals surface area contributed by atoms with Crippen molar-refractivity contribution in [3.05, 3.63) is 79.1 Å². The van der Waals surface area contributed by atoms with Gasteiger partial charge in [0.1, 0.15) is 6.04 Å². The van der Waals surface area contributed by atoms with Crippen molar-refractivity contribution in [2.75, 3.05) is 13.2 Å². The zero-order valence-electron chi connectivity index (χ0n) is 16.4. The Morgan fingerprint density at radius 3 is 2.34 bits per heavy atom. The molecule has 0 heterocycles. The summed E-state index contributed by atoms with van der Waals surface area (Å²) in [5.41, 5.74) is 1.28. The molecule has 0 bridgehead atoms. The Kier molecular flexibility index (Phi) is 6.86. The number of fused-ring (bicyclic) bond motifs is 1. The highest BCUT2D eigenvalue weighted by Gasteiger charge is 2.25. The topological polar surface area (TPSA) is 84.5 Å². The summed E-state index contributed by atoms with van der Waals surface area (Å²) >= 11 is 0. The van der Waals surface area contributed by atoms with E-state index in [0.29, 0.717) is 5.56 Å². The van der Waals surface area contributed by atoms with E-state index in [1.165, 1.54) is 6.92 Å². The van der Waals surface area contributed by atoms with Gasteiger partial charge in [-0.05, 0) is 68.0 Å². The molecule has 6 nitrogen and oxygen atoms in total. The molecule has 0 saturated heterocycles. The third kappa shape index (κ3) is 5.13. The number of rotatable bonds is 7. The number of esters is 1. The van der Waals surface area contributed by atoms with E-state index in [1.807, 2.05) is 62.1 Å². The number of carbonyl (C=O) groups is 3. The van der Waals surface area contributed by atoms with Crippen LogP contribution in [-0.4, -0.2) is 37.0 Å². The summed E-state index contributed by atoms with van der Waals surface area (Å²) in [6, 6.07) is 10.8. The van der Waals surface area contributed by atoms with Gasteiger partial charge < -0.3 is 15.4 Å². The highest BCUT2D eigenvalue weighted by molar-refractivity contribution is 6.02. The fraction of sp³-hybridized carbons (Fsp3) is 0.217. The highest BCUT2D eigenvalue weighted by atomic mass is 16.5. The monoisotopic (exact) mass is 391 g/mol. The van der Waals surface area contributed by atoms with Crippen molar-refractivity contribution in [2.24, 2.45) is 0 Å². The quantitative estimate of drug-likeness (QED) is 0.710. The summed E-state index contributed by atoms with van der Waals surface area (Å²) < 4.78 is 4.86. The van der Waals surface area contributed by atoms with Gasteiger partial charge in [-0.1, -0.05) is 24.3 Å². The summed E-state index contributed by atoms with van der Waals surface area (Å²) in [4.78, 5) is 36.6. The van der Waals surface area contributed by atoms with Gasteiger partial charge in [0.2, 0.25) is 5.91 Å². The maximum Gasteiger partial charge on any atom is 0.328 e. The number of carbonyl (C=O) groups excluding carboxylic acids is 3. The van der Waals surface area contributed by atoms with Gasteiger partial charge in [-0.25, -0.2) is 4.79 Å². The molecule has 1 saturated carbocycles. The van der Waals surface area contributed by atoms with Crippen LogP contribution in [0.25, 0.3) is 10.8 Å². The molecule has 2 aromatic carbocycles. The van der Waals surface area contributed by atoms with Crippen LogP contribution in [-0.2, 0) is 14.3 Å². The lowest BCUT2D eigenvalue weighted by molar-refractivity contribution is -0.146. The molecule has 1 aliphatic carbocycles. The van der Waals surface area contributed by atoms with E-state index in [-0.39, 0.29) is 19.1 Å². The van der Waals surface area contributed by atoms with E-state index in [4.69, 9.17) is 4.74 Å². The SMILES string of the molecule is CCOC(=O)[C@H](C)NC(=O)CNC(=O)c1cc2ccccc2cc1[C]1[CH][CH][CH][CH]1. The molecule has 0 spiro atoms. The van der Waals surface area contributed by atoms with E-state index >= 15 is 0 Å². The van der Waals surface area contributed by atoms with Gasteiger partial charge in [-0.3, -0.25) is 9.59 Å². The number of hydrogen-bond acceptors (Lipinski definition) is 4. The Morgan fingerprint density at radius 1 is 1.03 bits per heavy atom. The van der Waals surface area contributed by atoms with Gasteiger partial charge >= 0.3 is 5.97 Å². The average molecular weight is 391 g/mol. The van der Waals surface area contributed by atoms with Gasteiger partial charge in [0.25, 0.3) is 5.91 Å². The number of ether oxygens (including phenoxy) is 1. The van der Waals surface area contributed by atoms with Crippen molar-refractivity contribution in [3.63, 3.8) is 0 Å². The van der Waals surface area contributed by atoms with Crippen molar-refractivity contribution < 1.29 is 19.1 Å². The Morgan fingerprint density at radius 2 is 1.69 bits per heavy atom. The molecule has 2 aromatic rings. The first-order valence-corrected chi connectivity index (χ1v) is 9.48. The zero-order chi connectivity index (χ0) is 20.8. The molecular formula is C23H23N2O4. The number of benzene rings is 2. The van der Waals surface area contributed by atoms with Crippen LogP contribution in [0.1, 0.15) is 29.8 Å². The molecule has 5 radical (unpaired) electrons. The fourth-order valence-electron chi connectivity index (χ4n) is 3.10. The average Bonchev–Trinajstić information content (AvgIpc) is 3.26. The number of hydrogen-bond donors (Lipinski definition) is 2. The number of nitrogens with one attached hydrogen (secondary N) is 2. The van der Waals surface area contributed by atoms with Crippen molar-refractivity contribution in [1.82, 2.24) is 10.6 Å². The largest absolute Gasteiger partial charge is 0.464 e. The summed E-state index contributed by atoms with van der Waals surface area (Å²) in [7, 11) is 0. The van der Waals surface area contributed by atoms with Gasteiger partial charge in [-0.15, -0.1) is 0 Å². The normalized spacial score (nSPS) is 15.1. The van der Waals surface area contributed by atoms with Crippen molar-refractivity contribution in [1.29, 1.82) is 0 Å². The minimum Gasteiger partial charge on any atom is -0.464 e. The van der Waals surface area contributed by atoms with Gasteiger partial charge in [0, 0.05) is 11.5 Å². The van der Waals surface area contributed by atoms with Crippen LogP contribution in [0.4, 0.5) is 0 Å². The third-order valence-corrected chi connectivity index (χ3v) is 4.53. The maximum atomic E-state index is 12.8. The van der Waals surface area contributed by atoms with Gasteiger partial charge in [-0.2, -0.15) is 0 Å². The molecule has 2 amide bonds. The first-order valence-electron chi connectivity index (χ1n) is 9.48. The minimum atomic E-state index is -0.778. The molecule has 0 unspecified atom stereocenters. The Bertz CT molecular complexity index is 903. The third-order valence-electron chi connectivity index (χ3n) is 4.53. The molecule has 1 aliphatic rings. The molecule has 29 heavy (non-hydrogen) atoms. The molecule has 1 atom stereocenters. The molecule has 0 aromatic heterocycles. The van der Waals surface area contributed by atoms with Crippen LogP contribution in [0, 0.1) is 31.6 Å². The van der Waals surface area contributed by atoms with E-state index in [1.54, 1.807) is 6.92 Å². The lowest BCUT2D eigenvalue weighted by Gasteiger charge is -2.17. The second-order valence-corrected chi connectivity index (χ2v) is 6.64. The predicted molar refractivity (Wildman–Crippen MR) is 110 cm³/mol. The first-order chi connectivity index (χ1) is 14.0. The molecule has 149 valence electrons. The summed E-state index contributed by atoms with van der Waals surface area (Å²) in [5.74, 6) is -0.401. The Labute approximate surface area is 171 Å². The van der Waals surface area contributed by atoms with E-state index in [9.17, 15) is 14.4 Å². The lowest BCUT2D eigenvalue weighted by Crippen LogP contribution is -2.44. The smallest absolute Gasteiger partial charge is 0.328 e. The van der Waals surface area contributed by atoms with Gasteiger partial charge in [0.15, 0.2) is 0 Å². The van der Waals surface area contributed by atoms with Crippen LogP contribution in [0.2, 0.25) is 0 Å². The van der Waals surface area contributed by atoms with Crippen LogP contribution in [0.3, 0.4) is 0 Å². The molecule has 3 rings (SSSR count). The molecular weight excluding hydrogens is 368 g/mol. The molecule has 6 heteroatoms. The van der Waals surface area contributed by atoms with Crippen LogP contribution in [0.5, 0.6) is 0 Å². The van der Waals surface area contributed by atoms with Crippen molar-refractivity contribution >= 4 is 28.6 Å². The molecule has 1 fully saturated rings. The van der Waals surface area contributed by atoms with E-state index in [2.05, 4.69) is 10.6 Å². The van der Waals surface area contributed by atoms with Gasteiger partial charge in [0.05, 0.1) is 13.2 Å². The first kappa shape index (κ1) is 20.8. The van der Waals surface area contributed by atoms with Crippen molar-refractivity contribution in [2.45, 2.75) is 19.9 Å². The maximum absolute atomic E-state index is 12.8. The Balaban J connectivity index is 1.72. The second kappa shape index (κ2) is 9.54. The lowest BCUT2D eigenvalue weighted by atomic mass is 9.90. The summed E-state index contributed by atoms with van der Waals surface area (Å²) in [6.07, 6.45) is 7.70. The summed E-state index contributed by atoms with van der Waals surface area (Å²) in [6.45, 7) is 3.23. The predicted octanol–water partition coefficient (Wildman–Crippen LogP) is 2.39. The zero-order valence-corrected chi connectivity index (χ0v) is 16.4.